The van der Waals surface area contributed by atoms with E-state index in [9.17, 15) is 4.79 Å². The summed E-state index contributed by atoms with van der Waals surface area (Å²) in [6.07, 6.45) is 6.89. The molecule has 2 heterocycles. The highest BCUT2D eigenvalue weighted by Gasteiger charge is 2.04. The van der Waals surface area contributed by atoms with Gasteiger partial charge in [0.05, 0.1) is 5.56 Å². The largest absolute Gasteiger partial charge is 0.423 e. The number of benzene rings is 1. The van der Waals surface area contributed by atoms with E-state index in [0.717, 1.165) is 11.1 Å². The molecule has 0 bridgehead atoms. The summed E-state index contributed by atoms with van der Waals surface area (Å²) in [5.74, 6) is 0.399. The lowest BCUT2D eigenvalue weighted by Gasteiger charge is -2.03. The van der Waals surface area contributed by atoms with E-state index in [1.54, 1.807) is 16.8 Å². The Morgan fingerprint density at radius 1 is 1.14 bits per heavy atom. The smallest absolute Gasteiger partial charge is 0.250 e. The Bertz CT molecular complexity index is 790. The Balaban J connectivity index is 1.81. The van der Waals surface area contributed by atoms with Crippen LogP contribution in [-0.2, 0) is 6.54 Å². The molecule has 0 saturated carbocycles. The summed E-state index contributed by atoms with van der Waals surface area (Å²) >= 11 is 0. The van der Waals surface area contributed by atoms with E-state index in [-0.39, 0.29) is 5.56 Å². The molecular weight excluding hydrogens is 266 g/mol. The van der Waals surface area contributed by atoms with Gasteiger partial charge in [-0.3, -0.25) is 4.79 Å². The van der Waals surface area contributed by atoms with Gasteiger partial charge in [0.25, 0.3) is 5.56 Å². The molecule has 0 N–H and O–H groups in total. The normalized spacial score (nSPS) is 11.0. The van der Waals surface area contributed by atoms with Gasteiger partial charge in [-0.05, 0) is 11.6 Å². The highest BCUT2D eigenvalue weighted by atomic mass is 16.4. The maximum Gasteiger partial charge on any atom is 0.250 e. The summed E-state index contributed by atoms with van der Waals surface area (Å²) in [5.41, 5.74) is 1.75. The summed E-state index contributed by atoms with van der Waals surface area (Å²) in [7, 11) is 0. The maximum absolute atomic E-state index is 11.8. The highest BCUT2D eigenvalue weighted by molar-refractivity contribution is 5.51. The van der Waals surface area contributed by atoms with Crippen LogP contribution in [0.25, 0.3) is 17.5 Å². The second kappa shape index (κ2) is 6.00. The number of hydrogen-bond acceptors (Lipinski definition) is 4. The van der Waals surface area contributed by atoms with Crippen molar-refractivity contribution in [2.45, 2.75) is 6.54 Å². The van der Waals surface area contributed by atoms with E-state index in [0.29, 0.717) is 12.4 Å². The third-order valence-corrected chi connectivity index (χ3v) is 3.00. The minimum atomic E-state index is -0.0732. The van der Waals surface area contributed by atoms with Crippen molar-refractivity contribution in [1.29, 1.82) is 0 Å². The molecule has 104 valence electrons. The molecule has 1 aromatic carbocycles. The molecular formula is C16H13N3O2. The first kappa shape index (κ1) is 13.1. The molecule has 0 fully saturated rings. The molecule has 0 aliphatic carbocycles. The minimum Gasteiger partial charge on any atom is -0.423 e. The van der Waals surface area contributed by atoms with Crippen molar-refractivity contribution in [1.82, 2.24) is 14.8 Å². The summed E-state index contributed by atoms with van der Waals surface area (Å²) in [4.78, 5) is 11.8. The summed E-state index contributed by atoms with van der Waals surface area (Å²) in [6.45, 7) is 0.482. The summed E-state index contributed by atoms with van der Waals surface area (Å²) in [5, 5.41) is 7.47. The topological polar surface area (TPSA) is 60.9 Å². The third kappa shape index (κ3) is 3.14. The molecule has 5 heteroatoms. The first-order chi connectivity index (χ1) is 10.3. The highest BCUT2D eigenvalue weighted by Crippen LogP contribution is 2.13. The van der Waals surface area contributed by atoms with Crippen LogP contribution in [0.5, 0.6) is 0 Å². The molecule has 0 aliphatic heterocycles. The van der Waals surface area contributed by atoms with E-state index in [2.05, 4.69) is 10.2 Å². The molecule has 0 amide bonds. The molecule has 0 spiro atoms. The first-order valence-electron chi connectivity index (χ1n) is 6.51. The van der Waals surface area contributed by atoms with Gasteiger partial charge in [-0.1, -0.05) is 42.5 Å². The van der Waals surface area contributed by atoms with Gasteiger partial charge in [-0.15, -0.1) is 10.2 Å². The molecule has 0 unspecified atom stereocenters. The van der Waals surface area contributed by atoms with Crippen molar-refractivity contribution in [3.05, 3.63) is 77.0 Å². The lowest BCUT2D eigenvalue weighted by atomic mass is 10.2. The molecule has 0 saturated heterocycles. The Labute approximate surface area is 121 Å². The zero-order valence-corrected chi connectivity index (χ0v) is 11.2. The fourth-order valence-electron chi connectivity index (χ4n) is 1.97. The molecule has 21 heavy (non-hydrogen) atoms. The van der Waals surface area contributed by atoms with E-state index in [1.165, 1.54) is 12.5 Å². The van der Waals surface area contributed by atoms with Crippen molar-refractivity contribution < 1.29 is 4.42 Å². The number of allylic oxidation sites excluding steroid dienone is 1. The van der Waals surface area contributed by atoms with Crippen LogP contribution >= 0.6 is 0 Å². The maximum atomic E-state index is 11.8. The third-order valence-electron chi connectivity index (χ3n) is 3.00. The van der Waals surface area contributed by atoms with Crippen molar-refractivity contribution in [2.24, 2.45) is 0 Å². The van der Waals surface area contributed by atoms with Crippen molar-refractivity contribution >= 4 is 6.08 Å². The van der Waals surface area contributed by atoms with Crippen molar-refractivity contribution in [3.63, 3.8) is 0 Å². The second-order valence-electron chi connectivity index (χ2n) is 4.47. The van der Waals surface area contributed by atoms with Crippen LogP contribution in [0.1, 0.15) is 5.56 Å². The molecule has 0 aliphatic rings. The van der Waals surface area contributed by atoms with Crippen LogP contribution in [-0.4, -0.2) is 14.8 Å². The zero-order valence-electron chi connectivity index (χ0n) is 11.2. The van der Waals surface area contributed by atoms with Crippen molar-refractivity contribution in [2.75, 3.05) is 0 Å². The van der Waals surface area contributed by atoms with E-state index in [4.69, 9.17) is 4.42 Å². The Hall–Kier alpha value is -2.95. The molecule has 3 aromatic rings. The predicted octanol–water partition coefficient (Wildman–Crippen LogP) is 2.61. The van der Waals surface area contributed by atoms with Gasteiger partial charge >= 0.3 is 0 Å². The monoisotopic (exact) mass is 279 g/mol. The van der Waals surface area contributed by atoms with Gasteiger partial charge < -0.3 is 8.98 Å². The molecule has 2 aromatic heterocycles. The molecule has 0 radical (unpaired) electrons. The van der Waals surface area contributed by atoms with Gasteiger partial charge in [0.2, 0.25) is 12.3 Å². The van der Waals surface area contributed by atoms with Gasteiger partial charge in [0.1, 0.15) is 0 Å². The van der Waals surface area contributed by atoms with Crippen LogP contribution < -0.4 is 5.56 Å². The Morgan fingerprint density at radius 3 is 2.76 bits per heavy atom. The number of rotatable bonds is 4. The van der Waals surface area contributed by atoms with Gasteiger partial charge in [0, 0.05) is 18.8 Å². The SMILES string of the molecule is O=c1ccc(-c2nnco2)cn1C/C=C/c1ccccc1. The van der Waals surface area contributed by atoms with Crippen LogP contribution in [0, 0.1) is 0 Å². The minimum absolute atomic E-state index is 0.0732. The number of aromatic nitrogens is 3. The number of nitrogens with zero attached hydrogens (tertiary/aromatic N) is 3. The molecule has 0 atom stereocenters. The van der Waals surface area contributed by atoms with Crippen LogP contribution in [0.4, 0.5) is 0 Å². The fourth-order valence-corrected chi connectivity index (χ4v) is 1.97. The van der Waals surface area contributed by atoms with Crippen LogP contribution in [0.2, 0.25) is 0 Å². The van der Waals surface area contributed by atoms with E-state index >= 15 is 0 Å². The van der Waals surface area contributed by atoms with Crippen molar-refractivity contribution in [3.8, 4) is 11.5 Å². The fraction of sp³-hybridized carbons (Fsp3) is 0.0625. The molecule has 3 rings (SSSR count). The van der Waals surface area contributed by atoms with Gasteiger partial charge in [-0.25, -0.2) is 0 Å². The summed E-state index contributed by atoms with van der Waals surface area (Å²) in [6, 6.07) is 13.1. The average molecular weight is 279 g/mol. The lowest BCUT2D eigenvalue weighted by molar-refractivity contribution is 0.567. The predicted molar refractivity (Wildman–Crippen MR) is 79.5 cm³/mol. The van der Waals surface area contributed by atoms with Crippen LogP contribution in [0.3, 0.4) is 0 Å². The second-order valence-corrected chi connectivity index (χ2v) is 4.47. The Kier molecular flexibility index (Phi) is 3.73. The summed E-state index contributed by atoms with van der Waals surface area (Å²) < 4.78 is 6.73. The van der Waals surface area contributed by atoms with Gasteiger partial charge in [-0.2, -0.15) is 0 Å². The lowest BCUT2D eigenvalue weighted by Crippen LogP contribution is -2.17. The standard InChI is InChI=1S/C16H13N3O2/c20-15-9-8-14(16-18-17-12-21-16)11-19(15)10-4-7-13-5-2-1-3-6-13/h1-9,11-12H,10H2/b7-4+. The quantitative estimate of drug-likeness (QED) is 0.736. The molecule has 5 nitrogen and oxygen atoms in total. The van der Waals surface area contributed by atoms with E-state index in [1.807, 2.05) is 42.5 Å². The number of hydrogen-bond donors (Lipinski definition) is 0. The first-order valence-corrected chi connectivity index (χ1v) is 6.51. The van der Waals surface area contributed by atoms with Gasteiger partial charge in [0.15, 0.2) is 0 Å². The van der Waals surface area contributed by atoms with Crippen LogP contribution in [0.15, 0.2) is 70.3 Å². The van der Waals surface area contributed by atoms with E-state index < -0.39 is 0 Å². The Morgan fingerprint density at radius 2 is 2.00 bits per heavy atom. The average Bonchev–Trinajstić information content (AvgIpc) is 3.04. The zero-order chi connectivity index (χ0) is 14.5. The number of pyridine rings is 1.